The Kier molecular flexibility index (Phi) is 8.79. The van der Waals surface area contributed by atoms with E-state index in [0.29, 0.717) is 35.2 Å². The number of hydrogen-bond donors (Lipinski definition) is 2. The molecule has 30 heavy (non-hydrogen) atoms. The molecule has 3 rings (SSSR count). The predicted octanol–water partition coefficient (Wildman–Crippen LogP) is 3.57. The van der Waals surface area contributed by atoms with Crippen LogP contribution in [0.1, 0.15) is 16.8 Å². The van der Waals surface area contributed by atoms with Crippen LogP contribution in [0.4, 0.5) is 4.39 Å². The number of nitrogens with one attached hydrogen (secondary N) is 2. The van der Waals surface area contributed by atoms with Crippen molar-refractivity contribution in [2.45, 2.75) is 18.8 Å². The molecule has 0 spiro atoms. The first-order chi connectivity index (χ1) is 13.8. The molecular formula is C19H22FIN4O3S2. The van der Waals surface area contributed by atoms with E-state index < -0.39 is 15.7 Å². The summed E-state index contributed by atoms with van der Waals surface area (Å²) in [7, 11) is -1.62. The zero-order valence-electron chi connectivity index (χ0n) is 16.4. The monoisotopic (exact) mass is 564 g/mol. The van der Waals surface area contributed by atoms with Crippen LogP contribution in [0.15, 0.2) is 51.4 Å². The molecule has 11 heteroatoms. The van der Waals surface area contributed by atoms with Gasteiger partial charge in [0.25, 0.3) is 0 Å². The van der Waals surface area contributed by atoms with Gasteiger partial charge in [-0.3, -0.25) is 4.99 Å². The summed E-state index contributed by atoms with van der Waals surface area (Å²) in [4.78, 5) is 9.50. The highest BCUT2D eigenvalue weighted by atomic mass is 127. The summed E-state index contributed by atoms with van der Waals surface area (Å²) < 4.78 is 42.3. The molecule has 0 atom stereocenters. The van der Waals surface area contributed by atoms with Crippen molar-refractivity contribution >= 4 is 51.1 Å². The molecule has 0 saturated carbocycles. The Morgan fingerprint density at radius 2 is 2.00 bits per heavy atom. The highest BCUT2D eigenvalue weighted by Gasteiger charge is 2.12. The molecule has 0 radical (unpaired) electrons. The number of benzene rings is 1. The molecule has 0 amide bonds. The molecule has 0 aliphatic rings. The van der Waals surface area contributed by atoms with Gasteiger partial charge in [-0.2, -0.15) is 0 Å². The molecule has 0 saturated heterocycles. The molecule has 0 fully saturated rings. The van der Waals surface area contributed by atoms with Gasteiger partial charge in [0, 0.05) is 19.8 Å². The average Bonchev–Trinajstić information content (AvgIpc) is 3.34. The van der Waals surface area contributed by atoms with E-state index in [1.807, 2.05) is 17.5 Å². The summed E-state index contributed by atoms with van der Waals surface area (Å²) in [6, 6.07) is 7.93. The zero-order chi connectivity index (χ0) is 20.9. The molecule has 2 aromatic heterocycles. The van der Waals surface area contributed by atoms with Crippen LogP contribution in [0.25, 0.3) is 10.8 Å². The molecule has 162 valence electrons. The van der Waals surface area contributed by atoms with Gasteiger partial charge in [-0.1, -0.05) is 12.1 Å². The largest absolute Gasteiger partial charge is 0.443 e. The van der Waals surface area contributed by atoms with E-state index in [2.05, 4.69) is 20.6 Å². The Morgan fingerprint density at radius 1 is 1.23 bits per heavy atom. The fourth-order valence-corrected chi connectivity index (χ4v) is 4.16. The second kappa shape index (κ2) is 10.9. The number of halogens is 2. The third kappa shape index (κ3) is 7.06. The average molecular weight is 564 g/mol. The van der Waals surface area contributed by atoms with E-state index in [4.69, 9.17) is 4.42 Å². The lowest BCUT2D eigenvalue weighted by Crippen LogP contribution is -2.36. The minimum Gasteiger partial charge on any atom is -0.443 e. The molecule has 7 nitrogen and oxygen atoms in total. The van der Waals surface area contributed by atoms with Gasteiger partial charge in [0.1, 0.15) is 12.1 Å². The van der Waals surface area contributed by atoms with Crippen molar-refractivity contribution in [2.75, 3.05) is 13.3 Å². The number of aromatic nitrogens is 1. The van der Waals surface area contributed by atoms with Crippen LogP contribution in [0.2, 0.25) is 0 Å². The van der Waals surface area contributed by atoms with Crippen molar-refractivity contribution in [2.24, 2.45) is 4.99 Å². The fraction of sp³-hybridized carbons (Fsp3) is 0.263. The molecule has 2 N–H and O–H groups in total. The molecule has 0 aliphatic carbocycles. The number of hydrogen-bond acceptors (Lipinski definition) is 6. The van der Waals surface area contributed by atoms with Crippen LogP contribution in [0.3, 0.4) is 0 Å². The third-order valence-electron chi connectivity index (χ3n) is 3.98. The number of nitrogens with zero attached hydrogens (tertiary/aromatic N) is 2. The van der Waals surface area contributed by atoms with E-state index in [0.717, 1.165) is 11.1 Å². The Morgan fingerprint density at radius 3 is 2.67 bits per heavy atom. The first kappa shape index (κ1) is 24.3. The van der Waals surface area contributed by atoms with Gasteiger partial charge in [0.15, 0.2) is 15.8 Å². The molecule has 1 aromatic carbocycles. The van der Waals surface area contributed by atoms with Gasteiger partial charge in [-0.25, -0.2) is 17.8 Å². The van der Waals surface area contributed by atoms with Crippen LogP contribution in [0.5, 0.6) is 0 Å². The number of sulfone groups is 1. The second-order valence-electron chi connectivity index (χ2n) is 6.38. The highest BCUT2D eigenvalue weighted by Crippen LogP contribution is 2.23. The second-order valence-corrected chi connectivity index (χ2v) is 9.47. The minimum atomic E-state index is -3.23. The maximum Gasteiger partial charge on any atom is 0.236 e. The van der Waals surface area contributed by atoms with E-state index in [-0.39, 0.29) is 36.3 Å². The lowest BCUT2D eigenvalue weighted by molar-refractivity contribution is 0.573. The normalized spacial score (nSPS) is 11.8. The van der Waals surface area contributed by atoms with E-state index in [9.17, 15) is 12.8 Å². The Labute approximate surface area is 195 Å². The number of thiophene rings is 1. The predicted molar refractivity (Wildman–Crippen MR) is 127 cm³/mol. The van der Waals surface area contributed by atoms with Gasteiger partial charge >= 0.3 is 0 Å². The quantitative estimate of drug-likeness (QED) is 0.259. The number of rotatable bonds is 7. The Bertz CT molecular complexity index is 1100. The summed E-state index contributed by atoms with van der Waals surface area (Å²) in [5.41, 5.74) is 1.81. The van der Waals surface area contributed by atoms with Crippen molar-refractivity contribution in [3.8, 4) is 10.8 Å². The number of aliphatic imine (C=N–C) groups is 1. The van der Waals surface area contributed by atoms with Crippen molar-refractivity contribution in [1.82, 2.24) is 15.6 Å². The van der Waals surface area contributed by atoms with Crippen molar-refractivity contribution < 1.29 is 17.2 Å². The van der Waals surface area contributed by atoms with Crippen molar-refractivity contribution in [3.63, 3.8) is 0 Å². The SMILES string of the molecule is CN=C(NCc1coc(-c2cccs2)n1)NCc1cc(F)ccc1CS(C)(=O)=O.I. The van der Waals surface area contributed by atoms with E-state index in [1.54, 1.807) is 24.6 Å². The number of guanidine groups is 1. The molecular weight excluding hydrogens is 542 g/mol. The molecule has 0 unspecified atom stereocenters. The summed E-state index contributed by atoms with van der Waals surface area (Å²) in [5, 5.41) is 8.12. The summed E-state index contributed by atoms with van der Waals surface area (Å²) in [6.07, 6.45) is 2.72. The van der Waals surface area contributed by atoms with Crippen LogP contribution in [-0.4, -0.2) is 32.7 Å². The highest BCUT2D eigenvalue weighted by molar-refractivity contribution is 14.0. The maximum absolute atomic E-state index is 13.6. The van der Waals surface area contributed by atoms with Gasteiger partial charge < -0.3 is 15.1 Å². The van der Waals surface area contributed by atoms with E-state index in [1.165, 1.54) is 18.2 Å². The van der Waals surface area contributed by atoms with Crippen molar-refractivity contribution in [1.29, 1.82) is 0 Å². The number of oxazole rings is 1. The minimum absolute atomic E-state index is 0. The van der Waals surface area contributed by atoms with E-state index >= 15 is 0 Å². The maximum atomic E-state index is 13.6. The smallest absolute Gasteiger partial charge is 0.236 e. The van der Waals surface area contributed by atoms with Crippen LogP contribution >= 0.6 is 35.3 Å². The zero-order valence-corrected chi connectivity index (χ0v) is 20.3. The first-order valence-electron chi connectivity index (χ1n) is 8.72. The van der Waals surface area contributed by atoms with Gasteiger partial charge in [0.2, 0.25) is 5.89 Å². The van der Waals surface area contributed by atoms with Crippen LogP contribution < -0.4 is 10.6 Å². The molecule has 2 heterocycles. The first-order valence-corrected chi connectivity index (χ1v) is 11.7. The standard InChI is InChI=1S/C19H21FN4O3S2.HI/c1-21-19(23-10-16-11-27-18(24-16)17-4-3-7-28-17)22-9-14-8-15(20)6-5-13(14)12-29(2,25)26;/h3-8,11H,9-10,12H2,1-2H3,(H2,21,22,23);1H. The summed E-state index contributed by atoms with van der Waals surface area (Å²) >= 11 is 1.54. The summed E-state index contributed by atoms with van der Waals surface area (Å²) in [6.45, 7) is 0.607. The molecule has 0 bridgehead atoms. The topological polar surface area (TPSA) is 96.6 Å². The molecule has 0 aliphatic heterocycles. The van der Waals surface area contributed by atoms with Gasteiger partial charge in [0.05, 0.1) is 22.9 Å². The Balaban J connectivity index is 0.00000320. The summed E-state index contributed by atoms with van der Waals surface area (Å²) in [5.74, 6) is 0.455. The van der Waals surface area contributed by atoms with Crippen molar-refractivity contribution in [3.05, 3.63) is 64.6 Å². The molecule has 3 aromatic rings. The third-order valence-corrected chi connectivity index (χ3v) is 5.67. The van der Waals surface area contributed by atoms with Gasteiger partial charge in [-0.15, -0.1) is 35.3 Å². The lowest BCUT2D eigenvalue weighted by atomic mass is 10.1. The van der Waals surface area contributed by atoms with Crippen LogP contribution in [0, 0.1) is 5.82 Å². The fourth-order valence-electron chi connectivity index (χ4n) is 2.66. The van der Waals surface area contributed by atoms with Gasteiger partial charge in [-0.05, 0) is 34.7 Å². The van der Waals surface area contributed by atoms with Crippen LogP contribution in [-0.2, 0) is 28.7 Å². The lowest BCUT2D eigenvalue weighted by Gasteiger charge is -2.13. The Hall–Kier alpha value is -1.99.